The number of hydrogen-bond acceptors (Lipinski definition) is 3. The van der Waals surface area contributed by atoms with Crippen molar-refractivity contribution in [1.29, 1.82) is 0 Å². The van der Waals surface area contributed by atoms with E-state index < -0.39 is 5.92 Å². The third-order valence-electron chi connectivity index (χ3n) is 5.53. The lowest BCUT2D eigenvalue weighted by atomic mass is 9.75. The fraction of sp³-hybridized carbons (Fsp3) is 0.250. The van der Waals surface area contributed by atoms with E-state index in [4.69, 9.17) is 11.6 Å². The summed E-state index contributed by atoms with van der Waals surface area (Å²) in [7, 11) is 0. The van der Waals surface area contributed by atoms with Gasteiger partial charge in [-0.15, -0.1) is 0 Å². The number of amides is 1. The smallest absolute Gasteiger partial charge is 0.254 e. The zero-order chi connectivity index (χ0) is 20.5. The van der Waals surface area contributed by atoms with E-state index in [-0.39, 0.29) is 11.7 Å². The molecule has 4 nitrogen and oxygen atoms in total. The van der Waals surface area contributed by atoms with Crippen molar-refractivity contribution in [2.45, 2.75) is 39.0 Å². The summed E-state index contributed by atoms with van der Waals surface area (Å²) in [6, 6.07) is 15.1. The van der Waals surface area contributed by atoms with Crippen LogP contribution in [0.25, 0.3) is 0 Å². The highest BCUT2D eigenvalue weighted by molar-refractivity contribution is 6.30. The molecule has 1 aliphatic heterocycles. The van der Waals surface area contributed by atoms with Gasteiger partial charge in [-0.25, -0.2) is 0 Å². The average Bonchev–Trinajstić information content (AvgIpc) is 2.69. The predicted octanol–water partition coefficient (Wildman–Crippen LogP) is 5.26. The summed E-state index contributed by atoms with van der Waals surface area (Å²) < 4.78 is 0. The number of dihydropyridines is 1. The van der Waals surface area contributed by atoms with Gasteiger partial charge in [-0.1, -0.05) is 41.4 Å². The summed E-state index contributed by atoms with van der Waals surface area (Å²) in [4.78, 5) is 26.2. The number of allylic oxidation sites excluding steroid dienone is 3. The highest BCUT2D eigenvalue weighted by Crippen LogP contribution is 2.42. The highest BCUT2D eigenvalue weighted by Gasteiger charge is 2.38. The molecule has 0 fully saturated rings. The minimum atomic E-state index is -0.401. The lowest BCUT2D eigenvalue weighted by Gasteiger charge is -2.34. The van der Waals surface area contributed by atoms with Crippen molar-refractivity contribution in [3.8, 4) is 0 Å². The summed E-state index contributed by atoms with van der Waals surface area (Å²) in [5.41, 5.74) is 5.74. The summed E-state index contributed by atoms with van der Waals surface area (Å²) >= 11 is 6.08. The largest absolute Gasteiger partial charge is 0.362 e. The Balaban J connectivity index is 1.77. The van der Waals surface area contributed by atoms with E-state index in [0.29, 0.717) is 22.6 Å². The van der Waals surface area contributed by atoms with E-state index in [2.05, 4.69) is 10.6 Å². The van der Waals surface area contributed by atoms with Gasteiger partial charge in [-0.05, 0) is 56.5 Å². The van der Waals surface area contributed by atoms with Crippen LogP contribution in [0.5, 0.6) is 0 Å². The van der Waals surface area contributed by atoms with Gasteiger partial charge in [0.2, 0.25) is 0 Å². The second kappa shape index (κ2) is 7.88. The quantitative estimate of drug-likeness (QED) is 0.731. The number of Topliss-reactive ketones (excluding diaryl/α,β-unsaturated/α-hetero) is 1. The standard InChI is InChI=1S/C24H23ClN2O2/c1-14-6-12-18(13-7-14)27-24(29)21-15(2)26-19-4-3-5-20(28)23(19)22(21)16-8-10-17(25)11-9-16/h6-13,22,26H,3-5H2,1-2H3,(H,27,29)/t22-/m1/s1. The van der Waals surface area contributed by atoms with Crippen molar-refractivity contribution in [3.63, 3.8) is 0 Å². The number of anilines is 1. The summed E-state index contributed by atoms with van der Waals surface area (Å²) in [6.07, 6.45) is 2.15. The maximum atomic E-state index is 13.3. The molecular weight excluding hydrogens is 384 g/mol. The molecule has 0 saturated carbocycles. The van der Waals surface area contributed by atoms with Crippen LogP contribution in [0, 0.1) is 6.92 Å². The van der Waals surface area contributed by atoms with Gasteiger partial charge in [0, 0.05) is 45.6 Å². The van der Waals surface area contributed by atoms with Crippen molar-refractivity contribution in [2.75, 3.05) is 5.32 Å². The molecule has 0 aromatic heterocycles. The number of nitrogens with one attached hydrogen (secondary N) is 2. The van der Waals surface area contributed by atoms with Gasteiger partial charge >= 0.3 is 0 Å². The monoisotopic (exact) mass is 406 g/mol. The van der Waals surface area contributed by atoms with Gasteiger partial charge in [-0.3, -0.25) is 9.59 Å². The third-order valence-corrected chi connectivity index (χ3v) is 5.79. The summed E-state index contributed by atoms with van der Waals surface area (Å²) in [5, 5.41) is 6.95. The first-order chi connectivity index (χ1) is 13.9. The molecule has 0 spiro atoms. The van der Waals surface area contributed by atoms with Gasteiger partial charge in [0.05, 0.1) is 0 Å². The molecular formula is C24H23ClN2O2. The van der Waals surface area contributed by atoms with E-state index in [1.165, 1.54) is 0 Å². The topological polar surface area (TPSA) is 58.2 Å². The molecule has 0 bridgehead atoms. The number of carbonyl (C=O) groups excluding carboxylic acids is 2. The number of rotatable bonds is 3. The van der Waals surface area contributed by atoms with E-state index in [1.54, 1.807) is 12.1 Å². The first-order valence-electron chi connectivity index (χ1n) is 9.81. The van der Waals surface area contributed by atoms with E-state index in [9.17, 15) is 9.59 Å². The molecule has 5 heteroatoms. The van der Waals surface area contributed by atoms with E-state index in [1.807, 2.05) is 50.2 Å². The molecule has 1 atom stereocenters. The first-order valence-corrected chi connectivity index (χ1v) is 10.2. The lowest BCUT2D eigenvalue weighted by Crippen LogP contribution is -2.35. The second-order valence-electron chi connectivity index (χ2n) is 7.64. The summed E-state index contributed by atoms with van der Waals surface area (Å²) in [6.45, 7) is 3.90. The molecule has 1 aliphatic carbocycles. The maximum absolute atomic E-state index is 13.3. The predicted molar refractivity (Wildman–Crippen MR) is 116 cm³/mol. The Morgan fingerprint density at radius 3 is 2.41 bits per heavy atom. The molecule has 29 heavy (non-hydrogen) atoms. The molecule has 2 aromatic rings. The number of hydrogen-bond donors (Lipinski definition) is 2. The fourth-order valence-electron chi connectivity index (χ4n) is 4.11. The van der Waals surface area contributed by atoms with Gasteiger partial charge in [-0.2, -0.15) is 0 Å². The van der Waals surface area contributed by atoms with Crippen molar-refractivity contribution in [2.24, 2.45) is 0 Å². The van der Waals surface area contributed by atoms with Crippen molar-refractivity contribution in [1.82, 2.24) is 5.32 Å². The SMILES string of the molecule is CC1=C(C(=O)Nc2ccc(C)cc2)[C@@H](c2ccc(Cl)cc2)C2=C(CCCC2=O)N1. The molecule has 2 aliphatic rings. The van der Waals surface area contributed by atoms with Crippen LogP contribution in [-0.4, -0.2) is 11.7 Å². The average molecular weight is 407 g/mol. The fourth-order valence-corrected chi connectivity index (χ4v) is 4.23. The van der Waals surface area contributed by atoms with Gasteiger partial charge < -0.3 is 10.6 Å². The molecule has 1 heterocycles. The zero-order valence-corrected chi connectivity index (χ0v) is 17.3. The number of aryl methyl sites for hydroxylation is 1. The van der Waals surface area contributed by atoms with Crippen molar-refractivity contribution in [3.05, 3.63) is 87.2 Å². The van der Waals surface area contributed by atoms with Gasteiger partial charge in [0.25, 0.3) is 5.91 Å². The van der Waals surface area contributed by atoms with Crippen LogP contribution in [0.2, 0.25) is 5.02 Å². The summed E-state index contributed by atoms with van der Waals surface area (Å²) in [5.74, 6) is -0.502. The molecule has 0 unspecified atom stereocenters. The van der Waals surface area contributed by atoms with Crippen LogP contribution in [0.4, 0.5) is 5.69 Å². The normalized spacial score (nSPS) is 19.0. The number of carbonyl (C=O) groups is 2. The highest BCUT2D eigenvalue weighted by atomic mass is 35.5. The molecule has 0 radical (unpaired) electrons. The van der Waals surface area contributed by atoms with E-state index >= 15 is 0 Å². The van der Waals surface area contributed by atoms with Crippen LogP contribution in [0.15, 0.2) is 71.1 Å². The maximum Gasteiger partial charge on any atom is 0.254 e. The molecule has 2 aromatic carbocycles. The van der Waals surface area contributed by atoms with Crippen LogP contribution in [0.3, 0.4) is 0 Å². The molecule has 0 saturated heterocycles. The lowest BCUT2D eigenvalue weighted by molar-refractivity contribution is -0.116. The van der Waals surface area contributed by atoms with Crippen LogP contribution in [-0.2, 0) is 9.59 Å². The Hall–Kier alpha value is -2.85. The Bertz CT molecular complexity index is 1030. The minimum Gasteiger partial charge on any atom is -0.362 e. The van der Waals surface area contributed by atoms with Gasteiger partial charge in [0.1, 0.15) is 0 Å². The Morgan fingerprint density at radius 1 is 1.03 bits per heavy atom. The number of benzene rings is 2. The van der Waals surface area contributed by atoms with Gasteiger partial charge in [0.15, 0.2) is 5.78 Å². The minimum absolute atomic E-state index is 0.104. The zero-order valence-electron chi connectivity index (χ0n) is 16.5. The molecule has 148 valence electrons. The number of halogens is 1. The third kappa shape index (κ3) is 3.85. The second-order valence-corrected chi connectivity index (χ2v) is 8.07. The van der Waals surface area contributed by atoms with Crippen LogP contribution < -0.4 is 10.6 Å². The van der Waals surface area contributed by atoms with Crippen molar-refractivity contribution < 1.29 is 9.59 Å². The number of ketones is 1. The first kappa shape index (κ1) is 19.5. The van der Waals surface area contributed by atoms with Crippen LogP contribution in [0.1, 0.15) is 43.2 Å². The Morgan fingerprint density at radius 2 is 1.72 bits per heavy atom. The van der Waals surface area contributed by atoms with Crippen molar-refractivity contribution >= 4 is 29.0 Å². The Kier molecular flexibility index (Phi) is 5.29. The molecule has 2 N–H and O–H groups in total. The Labute approximate surface area is 175 Å². The molecule has 4 rings (SSSR count). The van der Waals surface area contributed by atoms with Crippen LogP contribution >= 0.6 is 11.6 Å². The molecule has 1 amide bonds. The van der Waals surface area contributed by atoms with E-state index in [0.717, 1.165) is 41.1 Å².